The number of carbonyl (C=O) groups is 1. The van der Waals surface area contributed by atoms with Gasteiger partial charge in [-0.1, -0.05) is 67.6 Å². The molecule has 4 rings (SSSR count). The molecule has 174 valence electrons. The van der Waals surface area contributed by atoms with Crippen molar-refractivity contribution in [3.63, 3.8) is 0 Å². The van der Waals surface area contributed by atoms with E-state index < -0.39 is 6.04 Å². The number of carbonyl (C=O) groups excluding carboxylic acids is 1. The van der Waals surface area contributed by atoms with Crippen molar-refractivity contribution in [3.05, 3.63) is 112 Å². The van der Waals surface area contributed by atoms with Crippen molar-refractivity contribution in [2.75, 3.05) is 0 Å². The first-order valence-corrected chi connectivity index (χ1v) is 11.6. The van der Waals surface area contributed by atoms with Gasteiger partial charge in [0.1, 0.15) is 5.82 Å². The van der Waals surface area contributed by atoms with Crippen LogP contribution in [0.3, 0.4) is 0 Å². The summed E-state index contributed by atoms with van der Waals surface area (Å²) in [4.78, 5) is 27.3. The molecule has 1 heterocycles. The molecule has 1 aliphatic rings. The first-order chi connectivity index (χ1) is 16.4. The Balaban J connectivity index is 1.92. The normalized spacial score (nSPS) is 15.0. The van der Waals surface area contributed by atoms with E-state index in [9.17, 15) is 14.0 Å². The minimum Gasteiger partial charge on any atom is -0.345 e. The van der Waals surface area contributed by atoms with Crippen LogP contribution in [0.5, 0.6) is 0 Å². The molecule has 1 fully saturated rings. The van der Waals surface area contributed by atoms with Crippen molar-refractivity contribution >= 4 is 34.0 Å². The molecule has 0 bridgehead atoms. The Morgan fingerprint density at radius 1 is 1.21 bits per heavy atom. The molecular formula is C28H26ClFN2O2. The highest BCUT2D eigenvalue weighted by Gasteiger charge is 2.33. The summed E-state index contributed by atoms with van der Waals surface area (Å²) in [5, 5.41) is 4.01. The van der Waals surface area contributed by atoms with Gasteiger partial charge in [0, 0.05) is 22.3 Å². The van der Waals surface area contributed by atoms with Gasteiger partial charge in [-0.15, -0.1) is 0 Å². The van der Waals surface area contributed by atoms with Gasteiger partial charge in [-0.2, -0.15) is 0 Å². The van der Waals surface area contributed by atoms with Gasteiger partial charge in [-0.3, -0.25) is 14.2 Å². The fraction of sp³-hybridized carbons (Fsp3) is 0.214. The molecule has 1 atom stereocenters. The maximum atomic E-state index is 14.7. The van der Waals surface area contributed by atoms with E-state index in [-0.39, 0.29) is 33.6 Å². The predicted molar refractivity (Wildman–Crippen MR) is 137 cm³/mol. The zero-order valence-corrected chi connectivity index (χ0v) is 19.7. The minimum atomic E-state index is -0.473. The highest BCUT2D eigenvalue weighted by atomic mass is 35.5. The maximum Gasteiger partial charge on any atom is 0.264 e. The predicted octanol–water partition coefficient (Wildman–Crippen LogP) is 6.59. The molecule has 0 radical (unpaired) electrons. The van der Waals surface area contributed by atoms with Crippen molar-refractivity contribution < 1.29 is 9.18 Å². The van der Waals surface area contributed by atoms with Crippen LogP contribution in [0.4, 0.5) is 4.39 Å². The average molecular weight is 477 g/mol. The van der Waals surface area contributed by atoms with Gasteiger partial charge in [0.05, 0.1) is 22.0 Å². The number of hydrogen-bond donors (Lipinski definition) is 1. The molecule has 2 aromatic carbocycles. The molecule has 0 aliphatic heterocycles. The van der Waals surface area contributed by atoms with E-state index in [0.29, 0.717) is 27.9 Å². The van der Waals surface area contributed by atoms with Crippen LogP contribution in [0.2, 0.25) is 5.02 Å². The Bertz CT molecular complexity index is 1390. The van der Waals surface area contributed by atoms with E-state index >= 15 is 0 Å². The second-order valence-corrected chi connectivity index (χ2v) is 8.87. The lowest BCUT2D eigenvalue weighted by Gasteiger charge is -2.35. The molecule has 34 heavy (non-hydrogen) atoms. The van der Waals surface area contributed by atoms with Crippen LogP contribution in [0, 0.1) is 18.7 Å². The number of aromatic nitrogens is 1. The number of halogens is 2. The number of nitrogens with zero attached hydrogens (tertiary/aromatic N) is 1. The molecule has 1 N–H and O–H groups in total. The van der Waals surface area contributed by atoms with E-state index in [1.807, 2.05) is 0 Å². The summed E-state index contributed by atoms with van der Waals surface area (Å²) >= 11 is 6.43. The molecule has 3 aromatic rings. The van der Waals surface area contributed by atoms with Crippen LogP contribution in [-0.4, -0.2) is 10.5 Å². The monoisotopic (exact) mass is 476 g/mol. The summed E-state index contributed by atoms with van der Waals surface area (Å²) in [6, 6.07) is 11.1. The summed E-state index contributed by atoms with van der Waals surface area (Å²) in [6.07, 6.45) is 7.58. The first-order valence-electron chi connectivity index (χ1n) is 11.2. The third kappa shape index (κ3) is 4.12. The third-order valence-electron chi connectivity index (χ3n) is 6.53. The van der Waals surface area contributed by atoms with Crippen molar-refractivity contribution in [1.82, 2.24) is 9.88 Å². The summed E-state index contributed by atoms with van der Waals surface area (Å²) in [5.41, 5.74) is 1.33. The number of pyridine rings is 1. The molecule has 4 nitrogen and oxygen atoms in total. The lowest BCUT2D eigenvalue weighted by atomic mass is 9.77. The number of allylic oxidation sites excluding steroid dienone is 4. The Morgan fingerprint density at radius 3 is 2.56 bits per heavy atom. The van der Waals surface area contributed by atoms with Crippen molar-refractivity contribution in [1.29, 1.82) is 0 Å². The molecule has 1 saturated carbocycles. The standard InChI is InChI=1S/C28H26ClFN2O2/c1-4-10-19(5-2)32-17(3)24(21-14-9-15-22(29)25(21)28(32)34)27(33)31-26(18-11-8-12-18)20-13-6-7-16-23(20)30/h4-7,9-10,13-16,18,26H,1-2,8,11-12H2,3H3,(H,31,33)/b19-10+. The van der Waals surface area contributed by atoms with E-state index in [1.165, 1.54) is 16.7 Å². The lowest BCUT2D eigenvalue weighted by Crippen LogP contribution is -2.38. The molecular weight excluding hydrogens is 451 g/mol. The number of amides is 1. The summed E-state index contributed by atoms with van der Waals surface area (Å²) in [6.45, 7) is 9.22. The summed E-state index contributed by atoms with van der Waals surface area (Å²) in [7, 11) is 0. The molecule has 0 spiro atoms. The van der Waals surface area contributed by atoms with E-state index in [1.54, 1.807) is 55.5 Å². The van der Waals surface area contributed by atoms with Crippen LogP contribution in [-0.2, 0) is 0 Å². The molecule has 1 amide bonds. The van der Waals surface area contributed by atoms with Crippen molar-refractivity contribution in [3.8, 4) is 0 Å². The molecule has 1 unspecified atom stereocenters. The van der Waals surface area contributed by atoms with Crippen molar-refractivity contribution in [2.45, 2.75) is 32.2 Å². The number of benzene rings is 2. The molecule has 1 aliphatic carbocycles. The SMILES string of the molecule is C=C/C=C(\C=C)n1c(C)c(C(=O)NC(c2ccccc2F)C2CCC2)c2cccc(Cl)c2c1=O. The maximum absolute atomic E-state index is 14.7. The summed E-state index contributed by atoms with van der Waals surface area (Å²) in [5.74, 6) is -0.593. The number of nitrogens with one attached hydrogen (secondary N) is 1. The lowest BCUT2D eigenvalue weighted by molar-refractivity contribution is 0.0899. The van der Waals surface area contributed by atoms with Crippen LogP contribution in [0.25, 0.3) is 16.5 Å². The Kier molecular flexibility index (Phi) is 6.85. The molecule has 0 saturated heterocycles. The Hall–Kier alpha value is -3.44. The van der Waals surface area contributed by atoms with Gasteiger partial charge in [0.2, 0.25) is 0 Å². The zero-order chi connectivity index (χ0) is 24.4. The van der Waals surface area contributed by atoms with E-state index in [2.05, 4.69) is 18.5 Å². The number of fused-ring (bicyclic) bond motifs is 1. The van der Waals surface area contributed by atoms with Crippen LogP contribution in [0.15, 0.2) is 78.6 Å². The van der Waals surface area contributed by atoms with Gasteiger partial charge >= 0.3 is 0 Å². The largest absolute Gasteiger partial charge is 0.345 e. The highest BCUT2D eigenvalue weighted by Crippen LogP contribution is 2.39. The first kappa shape index (κ1) is 23.7. The molecule has 6 heteroatoms. The second-order valence-electron chi connectivity index (χ2n) is 8.46. The average Bonchev–Trinajstić information content (AvgIpc) is 2.77. The van der Waals surface area contributed by atoms with E-state index in [0.717, 1.165) is 19.3 Å². The zero-order valence-electron chi connectivity index (χ0n) is 19.0. The van der Waals surface area contributed by atoms with Crippen LogP contribution in [0.1, 0.15) is 46.9 Å². The minimum absolute atomic E-state index is 0.145. The van der Waals surface area contributed by atoms with E-state index in [4.69, 9.17) is 11.6 Å². The fourth-order valence-electron chi connectivity index (χ4n) is 4.64. The Morgan fingerprint density at radius 2 is 1.94 bits per heavy atom. The fourth-order valence-corrected chi connectivity index (χ4v) is 4.89. The topological polar surface area (TPSA) is 51.1 Å². The molecule has 1 aromatic heterocycles. The number of rotatable bonds is 7. The quantitative estimate of drug-likeness (QED) is 0.391. The van der Waals surface area contributed by atoms with Gasteiger partial charge in [0.25, 0.3) is 11.5 Å². The van der Waals surface area contributed by atoms with Gasteiger partial charge in [-0.05, 0) is 50.0 Å². The van der Waals surface area contributed by atoms with Crippen LogP contribution < -0.4 is 10.9 Å². The number of hydrogen-bond acceptors (Lipinski definition) is 2. The smallest absolute Gasteiger partial charge is 0.264 e. The highest BCUT2D eigenvalue weighted by molar-refractivity contribution is 6.36. The third-order valence-corrected chi connectivity index (χ3v) is 6.84. The van der Waals surface area contributed by atoms with Gasteiger partial charge in [-0.25, -0.2) is 4.39 Å². The van der Waals surface area contributed by atoms with Crippen molar-refractivity contribution in [2.24, 2.45) is 5.92 Å². The van der Waals surface area contributed by atoms with Gasteiger partial charge < -0.3 is 5.32 Å². The van der Waals surface area contributed by atoms with Crippen LogP contribution >= 0.6 is 11.6 Å². The Labute approximate surface area is 203 Å². The second kappa shape index (κ2) is 9.82. The van der Waals surface area contributed by atoms with Gasteiger partial charge in [0.15, 0.2) is 0 Å². The summed E-state index contributed by atoms with van der Waals surface area (Å²) < 4.78 is 16.1.